The van der Waals surface area contributed by atoms with Gasteiger partial charge in [-0.3, -0.25) is 0 Å². The summed E-state index contributed by atoms with van der Waals surface area (Å²) in [6.45, 7) is 0. The summed E-state index contributed by atoms with van der Waals surface area (Å²) in [4.78, 5) is 3.84. The monoisotopic (exact) mass is 252 g/mol. The molecule has 0 aliphatic heterocycles. The predicted molar refractivity (Wildman–Crippen MR) is 64.1 cm³/mol. The SMILES string of the molecule is Nc1ncc(Cl)cc1C(O)c1cccc(F)c1. The Kier molecular flexibility index (Phi) is 3.26. The Morgan fingerprint density at radius 1 is 1.35 bits per heavy atom. The number of pyridine rings is 1. The predicted octanol–water partition coefficient (Wildman–Crippen LogP) is 2.54. The molecule has 0 spiro atoms. The molecule has 88 valence electrons. The molecule has 0 aliphatic rings. The Labute approximate surface area is 103 Å². The van der Waals surface area contributed by atoms with Crippen LogP contribution < -0.4 is 5.73 Å². The highest BCUT2D eigenvalue weighted by molar-refractivity contribution is 6.30. The molecule has 1 aromatic heterocycles. The number of benzene rings is 1. The van der Waals surface area contributed by atoms with Crippen molar-refractivity contribution in [1.29, 1.82) is 0 Å². The minimum atomic E-state index is -1.04. The lowest BCUT2D eigenvalue weighted by atomic mass is 10.0. The van der Waals surface area contributed by atoms with Gasteiger partial charge in [0, 0.05) is 11.8 Å². The molecule has 1 atom stereocenters. The third-order valence-electron chi connectivity index (χ3n) is 2.38. The van der Waals surface area contributed by atoms with Crippen LogP contribution in [0.25, 0.3) is 0 Å². The fourth-order valence-electron chi connectivity index (χ4n) is 1.54. The van der Waals surface area contributed by atoms with E-state index in [-0.39, 0.29) is 5.82 Å². The molecule has 1 heterocycles. The molecule has 2 aromatic rings. The molecule has 0 bridgehead atoms. The first-order valence-corrected chi connectivity index (χ1v) is 5.30. The fourth-order valence-corrected chi connectivity index (χ4v) is 1.71. The second-order valence-electron chi connectivity index (χ2n) is 3.59. The van der Waals surface area contributed by atoms with Gasteiger partial charge >= 0.3 is 0 Å². The number of aliphatic hydroxyl groups is 1. The van der Waals surface area contributed by atoms with E-state index in [0.29, 0.717) is 16.1 Å². The summed E-state index contributed by atoms with van der Waals surface area (Å²) in [5.41, 5.74) is 6.41. The highest BCUT2D eigenvalue weighted by Crippen LogP contribution is 2.27. The Morgan fingerprint density at radius 3 is 2.82 bits per heavy atom. The van der Waals surface area contributed by atoms with Crippen LogP contribution in [0.4, 0.5) is 10.2 Å². The normalized spacial score (nSPS) is 12.4. The highest BCUT2D eigenvalue weighted by Gasteiger charge is 2.15. The summed E-state index contributed by atoms with van der Waals surface area (Å²) in [6, 6.07) is 7.18. The van der Waals surface area contributed by atoms with Gasteiger partial charge in [0.15, 0.2) is 0 Å². The van der Waals surface area contributed by atoms with Crippen molar-refractivity contribution in [2.75, 3.05) is 5.73 Å². The molecule has 0 saturated heterocycles. The van der Waals surface area contributed by atoms with Crippen LogP contribution in [0.2, 0.25) is 5.02 Å². The van der Waals surface area contributed by atoms with Gasteiger partial charge in [0.05, 0.1) is 5.02 Å². The molecule has 1 aromatic carbocycles. The van der Waals surface area contributed by atoms with E-state index in [1.54, 1.807) is 6.07 Å². The summed E-state index contributed by atoms with van der Waals surface area (Å²) < 4.78 is 13.0. The average Bonchev–Trinajstić information content (AvgIpc) is 2.31. The molecule has 5 heteroatoms. The quantitative estimate of drug-likeness (QED) is 0.864. The second kappa shape index (κ2) is 4.69. The van der Waals surface area contributed by atoms with Crippen LogP contribution in [0.5, 0.6) is 0 Å². The first kappa shape index (κ1) is 11.8. The van der Waals surface area contributed by atoms with Crippen LogP contribution >= 0.6 is 11.6 Å². The zero-order chi connectivity index (χ0) is 12.4. The van der Waals surface area contributed by atoms with Crippen molar-refractivity contribution in [3.63, 3.8) is 0 Å². The average molecular weight is 253 g/mol. The first-order valence-electron chi connectivity index (χ1n) is 4.92. The first-order chi connectivity index (χ1) is 8.08. The van der Waals surface area contributed by atoms with Crippen LogP contribution in [0, 0.1) is 5.82 Å². The molecule has 0 radical (unpaired) electrons. The molecule has 0 amide bonds. The van der Waals surface area contributed by atoms with Crippen molar-refractivity contribution in [1.82, 2.24) is 4.98 Å². The van der Waals surface area contributed by atoms with E-state index < -0.39 is 11.9 Å². The van der Waals surface area contributed by atoms with E-state index in [0.717, 1.165) is 0 Å². The minimum absolute atomic E-state index is 0.172. The van der Waals surface area contributed by atoms with E-state index in [1.165, 1.54) is 30.5 Å². The lowest BCUT2D eigenvalue weighted by Crippen LogP contribution is -2.05. The maximum Gasteiger partial charge on any atom is 0.129 e. The van der Waals surface area contributed by atoms with E-state index in [9.17, 15) is 9.50 Å². The Bertz CT molecular complexity index is 548. The molecule has 0 fully saturated rings. The zero-order valence-corrected chi connectivity index (χ0v) is 9.53. The topological polar surface area (TPSA) is 59.1 Å². The Morgan fingerprint density at radius 2 is 2.12 bits per heavy atom. The lowest BCUT2D eigenvalue weighted by Gasteiger charge is -2.13. The van der Waals surface area contributed by atoms with Gasteiger partial charge in [-0.15, -0.1) is 0 Å². The summed E-state index contributed by atoms with van der Waals surface area (Å²) in [6.07, 6.45) is 0.343. The van der Waals surface area contributed by atoms with Crippen molar-refractivity contribution in [3.05, 3.63) is 58.5 Å². The number of halogens is 2. The van der Waals surface area contributed by atoms with Gasteiger partial charge in [0.1, 0.15) is 17.7 Å². The number of nitrogens with zero attached hydrogens (tertiary/aromatic N) is 1. The smallest absolute Gasteiger partial charge is 0.129 e. The number of anilines is 1. The van der Waals surface area contributed by atoms with Gasteiger partial charge in [-0.2, -0.15) is 0 Å². The molecule has 3 nitrogen and oxygen atoms in total. The second-order valence-corrected chi connectivity index (χ2v) is 4.02. The van der Waals surface area contributed by atoms with E-state index in [1.807, 2.05) is 0 Å². The molecule has 17 heavy (non-hydrogen) atoms. The Hall–Kier alpha value is -1.65. The van der Waals surface area contributed by atoms with E-state index in [2.05, 4.69) is 4.98 Å². The van der Waals surface area contributed by atoms with Crippen LogP contribution in [0.3, 0.4) is 0 Å². The number of hydrogen-bond donors (Lipinski definition) is 2. The number of nitrogen functional groups attached to an aromatic ring is 1. The minimum Gasteiger partial charge on any atom is -0.384 e. The maximum atomic E-state index is 13.0. The summed E-state index contributed by atoms with van der Waals surface area (Å²) >= 11 is 5.78. The third kappa shape index (κ3) is 2.54. The standard InChI is InChI=1S/C12H10ClFN2O/c13-8-5-10(12(15)16-6-8)11(17)7-2-1-3-9(14)4-7/h1-6,11,17H,(H2,15,16). The van der Waals surface area contributed by atoms with Crippen molar-refractivity contribution >= 4 is 17.4 Å². The molecular weight excluding hydrogens is 243 g/mol. The number of hydrogen-bond acceptors (Lipinski definition) is 3. The largest absolute Gasteiger partial charge is 0.384 e. The molecule has 2 rings (SSSR count). The van der Waals surface area contributed by atoms with Crippen LogP contribution in [0.1, 0.15) is 17.2 Å². The molecular formula is C12H10ClFN2O. The van der Waals surface area contributed by atoms with Gasteiger partial charge < -0.3 is 10.8 Å². The van der Waals surface area contributed by atoms with Crippen molar-refractivity contribution in [2.24, 2.45) is 0 Å². The van der Waals surface area contributed by atoms with Crippen molar-refractivity contribution < 1.29 is 9.50 Å². The van der Waals surface area contributed by atoms with E-state index >= 15 is 0 Å². The number of aliphatic hydroxyl groups excluding tert-OH is 1. The van der Waals surface area contributed by atoms with Crippen LogP contribution in [-0.4, -0.2) is 10.1 Å². The number of aromatic nitrogens is 1. The molecule has 1 unspecified atom stereocenters. The maximum absolute atomic E-state index is 13.0. The lowest BCUT2D eigenvalue weighted by molar-refractivity contribution is 0.220. The van der Waals surface area contributed by atoms with Gasteiger partial charge in [0.2, 0.25) is 0 Å². The van der Waals surface area contributed by atoms with Crippen molar-refractivity contribution in [3.8, 4) is 0 Å². The van der Waals surface area contributed by atoms with Crippen LogP contribution in [-0.2, 0) is 0 Å². The number of nitrogens with two attached hydrogens (primary N) is 1. The van der Waals surface area contributed by atoms with Gasteiger partial charge in [-0.25, -0.2) is 9.37 Å². The molecule has 0 aliphatic carbocycles. The summed E-state index contributed by atoms with van der Waals surface area (Å²) in [7, 11) is 0. The van der Waals surface area contributed by atoms with Gasteiger partial charge in [-0.05, 0) is 23.8 Å². The van der Waals surface area contributed by atoms with Gasteiger partial charge in [-0.1, -0.05) is 23.7 Å². The van der Waals surface area contributed by atoms with E-state index in [4.69, 9.17) is 17.3 Å². The fraction of sp³-hybridized carbons (Fsp3) is 0.0833. The summed E-state index contributed by atoms with van der Waals surface area (Å²) in [5.74, 6) is -0.249. The third-order valence-corrected chi connectivity index (χ3v) is 2.58. The summed E-state index contributed by atoms with van der Waals surface area (Å²) in [5, 5.41) is 10.4. The molecule has 0 saturated carbocycles. The number of rotatable bonds is 2. The Balaban J connectivity index is 2.43. The molecule has 3 N–H and O–H groups in total. The van der Waals surface area contributed by atoms with Crippen LogP contribution in [0.15, 0.2) is 36.5 Å². The highest BCUT2D eigenvalue weighted by atomic mass is 35.5. The van der Waals surface area contributed by atoms with Gasteiger partial charge in [0.25, 0.3) is 0 Å². The van der Waals surface area contributed by atoms with Crippen molar-refractivity contribution in [2.45, 2.75) is 6.10 Å². The zero-order valence-electron chi connectivity index (χ0n) is 8.77.